The van der Waals surface area contributed by atoms with E-state index in [1.807, 2.05) is 41.8 Å². The molecule has 0 saturated carbocycles. The molecule has 3 rings (SSSR count). The summed E-state index contributed by atoms with van der Waals surface area (Å²) >= 11 is 1.28. The zero-order chi connectivity index (χ0) is 19.9. The minimum absolute atomic E-state index is 0.00218. The monoisotopic (exact) mass is 397 g/mol. The summed E-state index contributed by atoms with van der Waals surface area (Å²) < 4.78 is 1.84. The highest BCUT2D eigenvalue weighted by Crippen LogP contribution is 2.26. The Morgan fingerprint density at radius 1 is 1.18 bits per heavy atom. The lowest BCUT2D eigenvalue weighted by Gasteiger charge is -2.08. The van der Waals surface area contributed by atoms with Crippen molar-refractivity contribution in [1.82, 2.24) is 20.1 Å². The molecule has 1 N–H and O–H groups in total. The van der Waals surface area contributed by atoms with Crippen LogP contribution in [0, 0.1) is 10.1 Å². The maximum Gasteiger partial charge on any atom is 0.270 e. The number of rotatable bonds is 8. The number of nitro groups is 1. The van der Waals surface area contributed by atoms with Gasteiger partial charge in [-0.2, -0.15) is 0 Å². The fraction of sp³-hybridized carbons (Fsp3) is 0.211. The number of carbonyl (C=O) groups excluding carboxylic acids is 1. The molecule has 9 heteroatoms. The van der Waals surface area contributed by atoms with Crippen LogP contribution in [0.2, 0.25) is 0 Å². The number of nitrogens with one attached hydrogen (secondary N) is 1. The maximum absolute atomic E-state index is 12.1. The molecular weight excluding hydrogens is 378 g/mol. The van der Waals surface area contributed by atoms with Gasteiger partial charge in [0.05, 0.1) is 10.7 Å². The second-order valence-corrected chi connectivity index (χ2v) is 6.85. The molecule has 1 heterocycles. The minimum Gasteiger partial charge on any atom is -0.351 e. The second-order valence-electron chi connectivity index (χ2n) is 5.91. The molecule has 0 unspecified atom stereocenters. The van der Waals surface area contributed by atoms with Gasteiger partial charge in [0, 0.05) is 30.8 Å². The summed E-state index contributed by atoms with van der Waals surface area (Å²) in [7, 11) is 0. The van der Waals surface area contributed by atoms with Crippen molar-refractivity contribution in [3.05, 3.63) is 70.3 Å². The van der Waals surface area contributed by atoms with E-state index in [0.29, 0.717) is 29.6 Å². The third-order valence-corrected chi connectivity index (χ3v) is 4.98. The summed E-state index contributed by atoms with van der Waals surface area (Å²) in [6.45, 7) is 2.99. The number of nitrogens with zero attached hydrogens (tertiary/aromatic N) is 4. The Morgan fingerprint density at radius 3 is 2.68 bits per heavy atom. The quantitative estimate of drug-likeness (QED) is 0.355. The van der Waals surface area contributed by atoms with E-state index in [4.69, 9.17) is 0 Å². The van der Waals surface area contributed by atoms with Gasteiger partial charge in [-0.25, -0.2) is 0 Å². The number of non-ortho nitro benzene ring substituents is 1. The maximum atomic E-state index is 12.1. The molecule has 0 spiro atoms. The van der Waals surface area contributed by atoms with Gasteiger partial charge in [-0.15, -0.1) is 10.2 Å². The van der Waals surface area contributed by atoms with Crippen LogP contribution in [-0.4, -0.2) is 31.3 Å². The van der Waals surface area contributed by atoms with Gasteiger partial charge in [0.2, 0.25) is 5.91 Å². The molecule has 3 aromatic rings. The van der Waals surface area contributed by atoms with Gasteiger partial charge in [0.1, 0.15) is 0 Å². The Morgan fingerprint density at radius 2 is 1.96 bits per heavy atom. The Bertz CT molecular complexity index is 975. The molecule has 1 amide bonds. The summed E-state index contributed by atoms with van der Waals surface area (Å²) in [6.07, 6.45) is 0. The number of aromatic nitrogens is 3. The van der Waals surface area contributed by atoms with E-state index in [1.54, 1.807) is 12.1 Å². The van der Waals surface area contributed by atoms with Crippen molar-refractivity contribution in [3.8, 4) is 11.4 Å². The number of benzene rings is 2. The fourth-order valence-electron chi connectivity index (χ4n) is 2.63. The molecule has 0 aliphatic heterocycles. The van der Waals surface area contributed by atoms with E-state index < -0.39 is 4.92 Å². The van der Waals surface area contributed by atoms with Crippen LogP contribution in [0.25, 0.3) is 11.4 Å². The third-order valence-electron chi connectivity index (χ3n) is 4.01. The molecule has 144 valence electrons. The van der Waals surface area contributed by atoms with Gasteiger partial charge in [0.15, 0.2) is 11.0 Å². The summed E-state index contributed by atoms with van der Waals surface area (Å²) in [5.74, 6) is 0.648. The Balaban J connectivity index is 1.66. The predicted octanol–water partition coefficient (Wildman–Crippen LogP) is 3.28. The summed E-state index contributed by atoms with van der Waals surface area (Å²) in [5, 5.41) is 22.8. The summed E-state index contributed by atoms with van der Waals surface area (Å²) in [4.78, 5) is 22.7. The van der Waals surface area contributed by atoms with E-state index >= 15 is 0 Å². The van der Waals surface area contributed by atoms with Crippen LogP contribution in [0.4, 0.5) is 5.69 Å². The Labute approximate surface area is 166 Å². The van der Waals surface area contributed by atoms with Crippen molar-refractivity contribution in [3.63, 3.8) is 0 Å². The number of hydrogen-bond acceptors (Lipinski definition) is 6. The van der Waals surface area contributed by atoms with Crippen molar-refractivity contribution >= 4 is 23.4 Å². The summed E-state index contributed by atoms with van der Waals surface area (Å²) in [6, 6.07) is 16.0. The second kappa shape index (κ2) is 9.14. The molecule has 2 aromatic carbocycles. The molecule has 0 radical (unpaired) electrons. The highest BCUT2D eigenvalue weighted by molar-refractivity contribution is 7.99. The van der Waals surface area contributed by atoms with Crippen LogP contribution in [-0.2, 0) is 17.9 Å². The van der Waals surface area contributed by atoms with Crippen molar-refractivity contribution in [1.29, 1.82) is 0 Å². The number of thioether (sulfide) groups is 1. The predicted molar refractivity (Wildman–Crippen MR) is 107 cm³/mol. The molecule has 28 heavy (non-hydrogen) atoms. The van der Waals surface area contributed by atoms with Gasteiger partial charge < -0.3 is 9.88 Å². The van der Waals surface area contributed by atoms with E-state index in [0.717, 1.165) is 5.56 Å². The van der Waals surface area contributed by atoms with Gasteiger partial charge in [-0.1, -0.05) is 54.2 Å². The van der Waals surface area contributed by atoms with Crippen LogP contribution in [0.15, 0.2) is 59.8 Å². The molecule has 0 fully saturated rings. The lowest BCUT2D eigenvalue weighted by Crippen LogP contribution is -2.24. The van der Waals surface area contributed by atoms with Crippen LogP contribution >= 0.6 is 11.8 Å². The van der Waals surface area contributed by atoms with Gasteiger partial charge in [0.25, 0.3) is 5.69 Å². The van der Waals surface area contributed by atoms with Crippen LogP contribution in [0.3, 0.4) is 0 Å². The van der Waals surface area contributed by atoms with E-state index in [1.165, 1.54) is 23.9 Å². The van der Waals surface area contributed by atoms with E-state index in [-0.39, 0.29) is 17.3 Å². The van der Waals surface area contributed by atoms with Gasteiger partial charge >= 0.3 is 0 Å². The molecule has 1 aromatic heterocycles. The number of amides is 1. The van der Waals surface area contributed by atoms with Crippen molar-refractivity contribution in [2.45, 2.75) is 25.2 Å². The van der Waals surface area contributed by atoms with Gasteiger partial charge in [-0.05, 0) is 12.5 Å². The lowest BCUT2D eigenvalue weighted by atomic mass is 10.2. The lowest BCUT2D eigenvalue weighted by molar-refractivity contribution is -0.384. The first-order chi connectivity index (χ1) is 13.6. The molecule has 0 saturated heterocycles. The SMILES string of the molecule is CCn1c(SCC(=O)NCc2ccccc2)nnc1-c1cccc([N+](=O)[O-])c1. The van der Waals surface area contributed by atoms with E-state index in [9.17, 15) is 14.9 Å². The van der Waals surface area contributed by atoms with E-state index in [2.05, 4.69) is 15.5 Å². The number of hydrogen-bond donors (Lipinski definition) is 1. The Kier molecular flexibility index (Phi) is 6.38. The zero-order valence-corrected chi connectivity index (χ0v) is 16.1. The highest BCUT2D eigenvalue weighted by atomic mass is 32.2. The smallest absolute Gasteiger partial charge is 0.270 e. The van der Waals surface area contributed by atoms with Crippen LogP contribution < -0.4 is 5.32 Å². The Hall–Kier alpha value is -3.20. The number of nitro benzene ring substituents is 1. The summed E-state index contributed by atoms with van der Waals surface area (Å²) in [5.41, 5.74) is 1.65. The third kappa shape index (κ3) is 4.74. The molecule has 0 bridgehead atoms. The van der Waals surface area contributed by atoms with Gasteiger partial charge in [-0.3, -0.25) is 14.9 Å². The van der Waals surface area contributed by atoms with Crippen molar-refractivity contribution < 1.29 is 9.72 Å². The van der Waals surface area contributed by atoms with Crippen molar-refractivity contribution in [2.24, 2.45) is 0 Å². The highest BCUT2D eigenvalue weighted by Gasteiger charge is 2.16. The zero-order valence-electron chi connectivity index (χ0n) is 15.2. The minimum atomic E-state index is -0.442. The number of carbonyl (C=O) groups is 1. The standard InChI is InChI=1S/C19H19N5O3S/c1-2-23-18(15-9-6-10-16(11-15)24(26)27)21-22-19(23)28-13-17(25)20-12-14-7-4-3-5-8-14/h3-11H,2,12-13H2,1H3,(H,20,25). The molecule has 8 nitrogen and oxygen atoms in total. The normalized spacial score (nSPS) is 10.6. The first-order valence-corrected chi connectivity index (χ1v) is 9.68. The largest absolute Gasteiger partial charge is 0.351 e. The molecule has 0 aliphatic rings. The van der Waals surface area contributed by atoms with Crippen molar-refractivity contribution in [2.75, 3.05) is 5.75 Å². The first kappa shape index (κ1) is 19.6. The molecular formula is C19H19N5O3S. The topological polar surface area (TPSA) is 103 Å². The fourth-order valence-corrected chi connectivity index (χ4v) is 3.46. The van der Waals surface area contributed by atoms with Crippen LogP contribution in [0.5, 0.6) is 0 Å². The molecule has 0 aliphatic carbocycles. The van der Waals surface area contributed by atoms with Crippen LogP contribution in [0.1, 0.15) is 12.5 Å². The average molecular weight is 397 g/mol. The molecule has 0 atom stereocenters. The average Bonchev–Trinajstić information content (AvgIpc) is 3.14. The first-order valence-electron chi connectivity index (χ1n) is 8.70.